The zero-order valence-corrected chi connectivity index (χ0v) is 7.33. The second kappa shape index (κ2) is 3.41. The zero-order valence-electron chi connectivity index (χ0n) is 7.33. The third-order valence-corrected chi connectivity index (χ3v) is 1.94. The van der Waals surface area contributed by atoms with Crippen LogP contribution in [0.3, 0.4) is 0 Å². The van der Waals surface area contributed by atoms with E-state index in [0.717, 1.165) is 5.69 Å². The van der Waals surface area contributed by atoms with Gasteiger partial charge in [-0.3, -0.25) is 15.1 Å². The van der Waals surface area contributed by atoms with E-state index in [1.54, 1.807) is 29.2 Å². The molecule has 0 fully saturated rings. The van der Waals surface area contributed by atoms with Crippen LogP contribution in [-0.2, 0) is 6.42 Å². The highest BCUT2D eigenvalue weighted by Crippen LogP contribution is 2.04. The fourth-order valence-corrected chi connectivity index (χ4v) is 1.29. The first-order valence-electron chi connectivity index (χ1n) is 4.15. The monoisotopic (exact) mass is 192 g/mol. The number of hydrogen-bond acceptors (Lipinski definition) is 4. The van der Waals surface area contributed by atoms with Crippen molar-refractivity contribution >= 4 is 5.65 Å². The molecule has 0 saturated carbocycles. The van der Waals surface area contributed by atoms with Gasteiger partial charge in [-0.15, -0.1) is 0 Å². The molecule has 0 unspecified atom stereocenters. The standard InChI is InChI=1S/C8H8N4O2/c13-12(14)3-1-7-5-10-8-6-9-2-4-11(7)8/h2,4-6H,1,3H2. The minimum absolute atomic E-state index is 0.0733. The largest absolute Gasteiger partial charge is 0.301 e. The van der Waals surface area contributed by atoms with E-state index in [4.69, 9.17) is 0 Å². The van der Waals surface area contributed by atoms with E-state index in [1.165, 1.54) is 0 Å². The van der Waals surface area contributed by atoms with E-state index >= 15 is 0 Å². The summed E-state index contributed by atoms with van der Waals surface area (Å²) in [7, 11) is 0. The third kappa shape index (κ3) is 1.54. The van der Waals surface area contributed by atoms with Crippen molar-refractivity contribution in [3.8, 4) is 0 Å². The number of hydrogen-bond donors (Lipinski definition) is 0. The lowest BCUT2D eigenvalue weighted by Gasteiger charge is -1.96. The highest BCUT2D eigenvalue weighted by molar-refractivity contribution is 5.36. The van der Waals surface area contributed by atoms with Crippen LogP contribution in [0.4, 0.5) is 0 Å². The molecule has 0 atom stereocenters. The first-order valence-corrected chi connectivity index (χ1v) is 4.15. The highest BCUT2D eigenvalue weighted by Gasteiger charge is 2.05. The average Bonchev–Trinajstić information content (AvgIpc) is 2.58. The molecule has 6 nitrogen and oxygen atoms in total. The van der Waals surface area contributed by atoms with Gasteiger partial charge in [-0.1, -0.05) is 0 Å². The van der Waals surface area contributed by atoms with Crippen molar-refractivity contribution in [1.29, 1.82) is 0 Å². The molecule has 0 aliphatic heterocycles. The second-order valence-electron chi connectivity index (χ2n) is 2.86. The summed E-state index contributed by atoms with van der Waals surface area (Å²) in [4.78, 5) is 17.8. The normalized spacial score (nSPS) is 10.6. The summed E-state index contributed by atoms with van der Waals surface area (Å²) in [6.45, 7) is -0.0733. The third-order valence-electron chi connectivity index (χ3n) is 1.94. The summed E-state index contributed by atoms with van der Waals surface area (Å²) in [5.74, 6) is 0. The lowest BCUT2D eigenvalue weighted by molar-refractivity contribution is -0.479. The summed E-state index contributed by atoms with van der Waals surface area (Å²) < 4.78 is 1.80. The number of aromatic nitrogens is 3. The van der Waals surface area contributed by atoms with Crippen LogP contribution in [0.25, 0.3) is 5.65 Å². The van der Waals surface area contributed by atoms with Gasteiger partial charge >= 0.3 is 0 Å². The fourth-order valence-electron chi connectivity index (χ4n) is 1.29. The van der Waals surface area contributed by atoms with Crippen molar-refractivity contribution in [3.63, 3.8) is 0 Å². The predicted molar refractivity (Wildman–Crippen MR) is 48.6 cm³/mol. The van der Waals surface area contributed by atoms with Gasteiger partial charge in [-0.05, 0) is 0 Å². The second-order valence-corrected chi connectivity index (χ2v) is 2.86. The molecule has 0 aliphatic carbocycles. The van der Waals surface area contributed by atoms with E-state index in [-0.39, 0.29) is 11.5 Å². The number of rotatable bonds is 3. The molecule has 2 rings (SSSR count). The Morgan fingerprint density at radius 2 is 2.36 bits per heavy atom. The summed E-state index contributed by atoms with van der Waals surface area (Å²) in [6, 6.07) is 0. The minimum Gasteiger partial charge on any atom is -0.301 e. The lowest BCUT2D eigenvalue weighted by Crippen LogP contribution is -2.05. The molecule has 2 heterocycles. The Hall–Kier alpha value is -1.98. The van der Waals surface area contributed by atoms with Gasteiger partial charge in [0.1, 0.15) is 0 Å². The van der Waals surface area contributed by atoms with Gasteiger partial charge in [0, 0.05) is 29.2 Å². The zero-order chi connectivity index (χ0) is 9.97. The smallest absolute Gasteiger partial charge is 0.209 e. The molecule has 6 heteroatoms. The SMILES string of the molecule is O=[N+]([O-])CCc1cnc2cnccn12. The summed E-state index contributed by atoms with van der Waals surface area (Å²) in [5, 5.41) is 10.2. The van der Waals surface area contributed by atoms with E-state index in [9.17, 15) is 10.1 Å². The lowest BCUT2D eigenvalue weighted by atomic mass is 10.3. The van der Waals surface area contributed by atoms with Gasteiger partial charge in [0.05, 0.1) is 12.6 Å². The molecular weight excluding hydrogens is 184 g/mol. The Labute approximate surface area is 79.4 Å². The fraction of sp³-hybridized carbons (Fsp3) is 0.250. The van der Waals surface area contributed by atoms with Gasteiger partial charge in [0.25, 0.3) is 0 Å². The van der Waals surface area contributed by atoms with Gasteiger partial charge in [0.2, 0.25) is 6.54 Å². The van der Waals surface area contributed by atoms with E-state index in [2.05, 4.69) is 9.97 Å². The summed E-state index contributed by atoms with van der Waals surface area (Å²) in [5.41, 5.74) is 1.55. The number of nitro groups is 1. The van der Waals surface area contributed by atoms with Crippen LogP contribution >= 0.6 is 0 Å². The van der Waals surface area contributed by atoms with Gasteiger partial charge < -0.3 is 4.40 Å². The van der Waals surface area contributed by atoms with E-state index in [0.29, 0.717) is 12.1 Å². The molecule has 0 N–H and O–H groups in total. The van der Waals surface area contributed by atoms with Crippen molar-refractivity contribution in [2.24, 2.45) is 0 Å². The van der Waals surface area contributed by atoms with Crippen LogP contribution in [0, 0.1) is 10.1 Å². The molecule has 0 aromatic carbocycles. The van der Waals surface area contributed by atoms with Crippen LogP contribution in [0.15, 0.2) is 24.8 Å². The maximum absolute atomic E-state index is 10.2. The highest BCUT2D eigenvalue weighted by atomic mass is 16.6. The van der Waals surface area contributed by atoms with Crippen molar-refractivity contribution in [3.05, 3.63) is 40.6 Å². The maximum atomic E-state index is 10.2. The number of nitrogens with zero attached hydrogens (tertiary/aromatic N) is 4. The molecule has 2 aromatic rings. The maximum Gasteiger partial charge on any atom is 0.209 e. The Morgan fingerprint density at radius 3 is 3.14 bits per heavy atom. The van der Waals surface area contributed by atoms with Crippen LogP contribution in [0.2, 0.25) is 0 Å². The molecule has 0 radical (unpaired) electrons. The van der Waals surface area contributed by atoms with Crippen LogP contribution in [-0.4, -0.2) is 25.8 Å². The Balaban J connectivity index is 2.29. The Kier molecular flexibility index (Phi) is 2.10. The number of fused-ring (bicyclic) bond motifs is 1. The van der Waals surface area contributed by atoms with Gasteiger partial charge in [-0.2, -0.15) is 0 Å². The average molecular weight is 192 g/mol. The Bertz CT molecular complexity index is 465. The minimum atomic E-state index is -0.333. The molecule has 0 amide bonds. The molecule has 0 aliphatic rings. The van der Waals surface area contributed by atoms with Crippen molar-refractivity contribution in [2.75, 3.05) is 6.54 Å². The van der Waals surface area contributed by atoms with Gasteiger partial charge in [-0.25, -0.2) is 4.98 Å². The van der Waals surface area contributed by atoms with Crippen LogP contribution in [0.1, 0.15) is 5.69 Å². The van der Waals surface area contributed by atoms with Crippen molar-refractivity contribution in [1.82, 2.24) is 14.4 Å². The quantitative estimate of drug-likeness (QED) is 0.525. The van der Waals surface area contributed by atoms with Gasteiger partial charge in [0.15, 0.2) is 5.65 Å². The Morgan fingerprint density at radius 1 is 1.50 bits per heavy atom. The molecule has 0 bridgehead atoms. The molecular formula is C8H8N4O2. The molecule has 0 saturated heterocycles. The molecule has 14 heavy (non-hydrogen) atoms. The topological polar surface area (TPSA) is 73.3 Å². The number of imidazole rings is 1. The molecule has 72 valence electrons. The van der Waals surface area contributed by atoms with E-state index in [1.807, 2.05) is 0 Å². The van der Waals surface area contributed by atoms with E-state index < -0.39 is 0 Å². The van der Waals surface area contributed by atoms with Crippen molar-refractivity contribution < 1.29 is 4.92 Å². The van der Waals surface area contributed by atoms with Crippen LogP contribution in [0.5, 0.6) is 0 Å². The summed E-state index contributed by atoms with van der Waals surface area (Å²) in [6.07, 6.45) is 7.02. The predicted octanol–water partition coefficient (Wildman–Crippen LogP) is 0.548. The molecule has 0 spiro atoms. The molecule has 2 aromatic heterocycles. The van der Waals surface area contributed by atoms with Crippen LogP contribution < -0.4 is 0 Å². The summed E-state index contributed by atoms with van der Waals surface area (Å²) >= 11 is 0. The van der Waals surface area contributed by atoms with Crippen molar-refractivity contribution in [2.45, 2.75) is 6.42 Å². The first-order chi connectivity index (χ1) is 6.77. The first kappa shape index (κ1) is 8.61.